The molecule has 0 saturated heterocycles. The van der Waals surface area contributed by atoms with Gasteiger partial charge in [0.15, 0.2) is 0 Å². The van der Waals surface area contributed by atoms with Gasteiger partial charge in [0.1, 0.15) is 28.4 Å². The Morgan fingerprint density at radius 1 is 1.45 bits per heavy atom. The van der Waals surface area contributed by atoms with Gasteiger partial charge in [0.05, 0.1) is 21.9 Å². The summed E-state index contributed by atoms with van der Waals surface area (Å²) in [5.41, 5.74) is 1.82. The molecule has 22 heavy (non-hydrogen) atoms. The van der Waals surface area contributed by atoms with Gasteiger partial charge in [-0.2, -0.15) is 0 Å². The van der Waals surface area contributed by atoms with Crippen LogP contribution in [0.1, 0.15) is 5.01 Å². The number of carbonyl (C=O) groups excluding carboxylic acids is 1. The molecule has 0 fully saturated rings. The first kappa shape index (κ1) is 16.1. The summed E-state index contributed by atoms with van der Waals surface area (Å²) in [5, 5.41) is 15.6. The zero-order valence-corrected chi connectivity index (χ0v) is 15.4. The number of hydrogen-bond acceptors (Lipinski definition) is 8. The summed E-state index contributed by atoms with van der Waals surface area (Å²) in [5.74, 6) is 0.0836. The van der Waals surface area contributed by atoms with Gasteiger partial charge in [0.2, 0.25) is 0 Å². The maximum Gasteiger partial charge on any atom is 1.00 e. The summed E-state index contributed by atoms with van der Waals surface area (Å²) in [4.78, 5) is 19.6. The molecular weight excluding hydrogens is 333 g/mol. The maximum atomic E-state index is 10.9. The van der Waals surface area contributed by atoms with Gasteiger partial charge in [-0.25, -0.2) is 4.98 Å². The number of carboxylic acid groups (broad SMARTS) is 1. The molecule has 6 nitrogen and oxygen atoms in total. The number of hydrogen-bond donors (Lipinski definition) is 1. The van der Waals surface area contributed by atoms with Crippen LogP contribution in [-0.2, 0) is 4.79 Å². The molecule has 4 rings (SSSR count). The van der Waals surface area contributed by atoms with Crippen molar-refractivity contribution in [2.75, 3.05) is 24.2 Å². The van der Waals surface area contributed by atoms with Crippen molar-refractivity contribution in [1.82, 2.24) is 4.98 Å². The third-order valence-electron chi connectivity index (χ3n) is 3.27. The SMILES string of the molecule is O=C([O-])[C@H]1CSC(c2nc3cc4c(cc3s2)NCCO4)=N1.[Na+]. The summed E-state index contributed by atoms with van der Waals surface area (Å²) in [7, 11) is 0. The van der Waals surface area contributed by atoms with Crippen molar-refractivity contribution in [2.45, 2.75) is 6.04 Å². The minimum Gasteiger partial charge on any atom is -0.548 e. The van der Waals surface area contributed by atoms with Crippen LogP contribution >= 0.6 is 23.1 Å². The number of carbonyl (C=O) groups is 1. The zero-order chi connectivity index (χ0) is 14.4. The Hall–Kier alpha value is -0.800. The van der Waals surface area contributed by atoms with Crippen LogP contribution in [-0.4, -0.2) is 40.9 Å². The molecule has 1 atom stereocenters. The predicted octanol–water partition coefficient (Wildman–Crippen LogP) is -2.28. The van der Waals surface area contributed by atoms with Crippen molar-refractivity contribution < 1.29 is 44.2 Å². The molecule has 2 aliphatic heterocycles. The number of thiazole rings is 1. The molecule has 1 aromatic heterocycles. The molecule has 0 unspecified atom stereocenters. The molecule has 0 amide bonds. The van der Waals surface area contributed by atoms with Gasteiger partial charge in [-0.15, -0.1) is 23.1 Å². The Balaban J connectivity index is 0.00000144. The number of rotatable bonds is 2. The number of nitrogens with one attached hydrogen (secondary N) is 1. The Morgan fingerprint density at radius 3 is 3.09 bits per heavy atom. The van der Waals surface area contributed by atoms with Gasteiger partial charge in [-0.3, -0.25) is 4.99 Å². The number of thioether (sulfide) groups is 1. The average Bonchev–Trinajstić information content (AvgIpc) is 3.11. The van der Waals surface area contributed by atoms with E-state index in [1.54, 1.807) is 0 Å². The molecule has 0 spiro atoms. The van der Waals surface area contributed by atoms with Gasteiger partial charge in [0.25, 0.3) is 0 Å². The van der Waals surface area contributed by atoms with Crippen LogP contribution in [0.15, 0.2) is 17.1 Å². The summed E-state index contributed by atoms with van der Waals surface area (Å²) in [6, 6.07) is 3.16. The molecule has 0 radical (unpaired) electrons. The van der Waals surface area contributed by atoms with Crippen molar-refractivity contribution in [3.05, 3.63) is 17.1 Å². The molecule has 1 N–H and O–H groups in total. The van der Waals surface area contributed by atoms with Crippen LogP contribution in [0, 0.1) is 0 Å². The minimum atomic E-state index is -1.13. The Labute approximate surface area is 156 Å². The second-order valence-corrected chi connectivity index (χ2v) is 6.73. The molecule has 2 aromatic rings. The van der Waals surface area contributed by atoms with E-state index in [0.717, 1.165) is 33.2 Å². The van der Waals surface area contributed by atoms with Crippen molar-refractivity contribution >= 4 is 50.0 Å². The van der Waals surface area contributed by atoms with E-state index in [-0.39, 0.29) is 29.6 Å². The normalized spacial score (nSPS) is 19.6. The number of ether oxygens (including phenoxy) is 1. The Bertz CT molecular complexity index is 734. The largest absolute Gasteiger partial charge is 1.00 e. The van der Waals surface area contributed by atoms with Crippen LogP contribution in [0.25, 0.3) is 10.2 Å². The van der Waals surface area contributed by atoms with Crippen LogP contribution < -0.4 is 44.7 Å². The van der Waals surface area contributed by atoms with Crippen molar-refractivity contribution in [3.63, 3.8) is 0 Å². The molecule has 108 valence electrons. The number of benzene rings is 1. The van der Waals surface area contributed by atoms with Gasteiger partial charge in [0, 0.05) is 18.4 Å². The van der Waals surface area contributed by atoms with Crippen LogP contribution in [0.3, 0.4) is 0 Å². The first-order valence-corrected chi connectivity index (χ1v) is 8.24. The van der Waals surface area contributed by atoms with Crippen LogP contribution in [0.5, 0.6) is 5.75 Å². The Morgan fingerprint density at radius 2 is 2.32 bits per heavy atom. The van der Waals surface area contributed by atoms with E-state index in [9.17, 15) is 9.90 Å². The molecule has 0 bridgehead atoms. The number of anilines is 1. The second kappa shape index (κ2) is 6.37. The molecule has 2 aliphatic rings. The fourth-order valence-electron chi connectivity index (χ4n) is 2.26. The van der Waals surface area contributed by atoms with Gasteiger partial charge >= 0.3 is 29.6 Å². The third kappa shape index (κ3) is 2.85. The number of aromatic nitrogens is 1. The van der Waals surface area contributed by atoms with E-state index in [0.29, 0.717) is 17.4 Å². The quantitative estimate of drug-likeness (QED) is 0.618. The van der Waals surface area contributed by atoms with E-state index < -0.39 is 12.0 Å². The molecular formula is C13H10N3NaO3S2. The van der Waals surface area contributed by atoms with Crippen molar-refractivity contribution in [2.24, 2.45) is 4.99 Å². The van der Waals surface area contributed by atoms with E-state index in [2.05, 4.69) is 15.3 Å². The number of aliphatic imine (C=N–C) groups is 1. The number of fused-ring (bicyclic) bond motifs is 2. The van der Waals surface area contributed by atoms with E-state index in [4.69, 9.17) is 4.74 Å². The summed E-state index contributed by atoms with van der Waals surface area (Å²) in [6.07, 6.45) is 0. The third-order valence-corrected chi connectivity index (χ3v) is 5.48. The summed E-state index contributed by atoms with van der Waals surface area (Å²) >= 11 is 2.92. The van der Waals surface area contributed by atoms with Crippen LogP contribution in [0.2, 0.25) is 0 Å². The van der Waals surface area contributed by atoms with Crippen LogP contribution in [0.4, 0.5) is 5.69 Å². The molecule has 3 heterocycles. The monoisotopic (exact) mass is 343 g/mol. The number of carboxylic acids is 1. The van der Waals surface area contributed by atoms with E-state index in [1.807, 2.05) is 12.1 Å². The van der Waals surface area contributed by atoms with Gasteiger partial charge in [-0.05, 0) is 6.07 Å². The molecule has 0 aliphatic carbocycles. The van der Waals surface area contributed by atoms with Crippen molar-refractivity contribution in [3.8, 4) is 5.75 Å². The van der Waals surface area contributed by atoms with E-state index in [1.165, 1.54) is 23.1 Å². The first-order valence-electron chi connectivity index (χ1n) is 6.44. The minimum absolute atomic E-state index is 0. The zero-order valence-electron chi connectivity index (χ0n) is 11.8. The standard InChI is InChI=1S/C13H11N3O3S2.Na/c17-13(18)8-5-20-11(16-8)12-15-7-3-9-6(4-10(7)21-12)14-1-2-19-9;/h3-4,8,14H,1-2,5H2,(H,17,18);/q;+1/p-1/t8-;/m1./s1. The smallest absolute Gasteiger partial charge is 0.548 e. The van der Waals surface area contributed by atoms with Gasteiger partial charge < -0.3 is 20.0 Å². The maximum absolute atomic E-state index is 10.9. The molecule has 1 aromatic carbocycles. The average molecular weight is 343 g/mol. The predicted molar refractivity (Wildman–Crippen MR) is 81.4 cm³/mol. The molecule has 0 saturated carbocycles. The fraction of sp³-hybridized carbons (Fsp3) is 0.308. The second-order valence-electron chi connectivity index (χ2n) is 4.69. The number of nitrogens with zero attached hydrogens (tertiary/aromatic N) is 2. The van der Waals surface area contributed by atoms with Crippen molar-refractivity contribution in [1.29, 1.82) is 0 Å². The molecule has 9 heteroatoms. The van der Waals surface area contributed by atoms with E-state index >= 15 is 0 Å². The van der Waals surface area contributed by atoms with Gasteiger partial charge in [-0.1, -0.05) is 0 Å². The Kier molecular flexibility index (Phi) is 4.65. The summed E-state index contributed by atoms with van der Waals surface area (Å²) < 4.78 is 6.63. The topological polar surface area (TPSA) is 86.6 Å². The first-order chi connectivity index (χ1) is 10.2. The summed E-state index contributed by atoms with van der Waals surface area (Å²) in [6.45, 7) is 1.44. The number of aliphatic carboxylic acids is 1. The fourth-order valence-corrected chi connectivity index (χ4v) is 4.34.